The normalized spacial score (nSPS) is 11.7. The van der Waals surface area contributed by atoms with Crippen molar-refractivity contribution in [1.82, 2.24) is 0 Å². The molecule has 0 aliphatic carbocycles. The molecule has 0 aromatic carbocycles. The summed E-state index contributed by atoms with van der Waals surface area (Å²) in [6.45, 7) is 13.0. The number of rotatable bonds is 2. The molecule has 0 spiro atoms. The first-order valence-corrected chi connectivity index (χ1v) is 5.04. The molecule has 0 saturated heterocycles. The summed E-state index contributed by atoms with van der Waals surface area (Å²) < 4.78 is 5.67. The van der Waals surface area contributed by atoms with Gasteiger partial charge in [0.05, 0.1) is 0 Å². The quantitative estimate of drug-likeness (QED) is 0.666. The Bertz CT molecular complexity index is 264. The zero-order chi connectivity index (χ0) is 10.2. The van der Waals surface area contributed by atoms with Crippen LogP contribution in [-0.4, -0.2) is 0 Å². The van der Waals surface area contributed by atoms with Crippen LogP contribution in [0.25, 0.3) is 0 Å². The molecule has 1 heteroatoms. The minimum Gasteiger partial charge on any atom is -0.466 e. The predicted molar refractivity (Wildman–Crippen MR) is 56.4 cm³/mol. The van der Waals surface area contributed by atoms with Crippen molar-refractivity contribution >= 4 is 0 Å². The Balaban J connectivity index is 3.29. The monoisotopic (exact) mass is 180 g/mol. The lowest BCUT2D eigenvalue weighted by Gasteiger charge is -2.10. The van der Waals surface area contributed by atoms with E-state index >= 15 is 0 Å². The van der Waals surface area contributed by atoms with E-state index in [-0.39, 0.29) is 0 Å². The van der Waals surface area contributed by atoms with E-state index < -0.39 is 0 Å². The summed E-state index contributed by atoms with van der Waals surface area (Å²) in [6, 6.07) is 0. The van der Waals surface area contributed by atoms with E-state index in [1.54, 1.807) is 0 Å². The molecule has 0 aliphatic heterocycles. The van der Waals surface area contributed by atoms with Crippen molar-refractivity contribution in [3.8, 4) is 0 Å². The maximum absolute atomic E-state index is 5.67. The van der Waals surface area contributed by atoms with Gasteiger partial charge in [0.1, 0.15) is 11.5 Å². The van der Waals surface area contributed by atoms with Crippen LogP contribution >= 0.6 is 0 Å². The number of aryl methyl sites for hydroxylation is 2. The third kappa shape index (κ3) is 1.79. The van der Waals surface area contributed by atoms with Gasteiger partial charge in [-0.1, -0.05) is 27.7 Å². The molecule has 1 aromatic rings. The van der Waals surface area contributed by atoms with Crippen molar-refractivity contribution in [3.05, 3.63) is 22.6 Å². The lowest BCUT2D eigenvalue weighted by Crippen LogP contribution is -1.97. The van der Waals surface area contributed by atoms with E-state index in [9.17, 15) is 0 Å². The van der Waals surface area contributed by atoms with Crippen molar-refractivity contribution < 1.29 is 4.42 Å². The van der Waals surface area contributed by atoms with E-state index in [1.807, 2.05) is 0 Å². The van der Waals surface area contributed by atoms with Crippen LogP contribution in [0.2, 0.25) is 0 Å². The SMILES string of the molecule is Cc1oc(C)c(C(C)C)c1C(C)C. The second-order valence-corrected chi connectivity index (χ2v) is 4.35. The Morgan fingerprint density at radius 1 is 0.769 bits per heavy atom. The number of hydrogen-bond acceptors (Lipinski definition) is 1. The third-order valence-electron chi connectivity index (χ3n) is 2.51. The van der Waals surface area contributed by atoms with Gasteiger partial charge in [-0.25, -0.2) is 0 Å². The first-order chi connectivity index (χ1) is 5.95. The Hall–Kier alpha value is -0.720. The maximum Gasteiger partial charge on any atom is 0.104 e. The highest BCUT2D eigenvalue weighted by atomic mass is 16.3. The molecule has 0 aliphatic rings. The molecule has 1 rings (SSSR count). The zero-order valence-electron chi connectivity index (χ0n) is 9.56. The zero-order valence-corrected chi connectivity index (χ0v) is 9.56. The van der Waals surface area contributed by atoms with Crippen molar-refractivity contribution in [2.75, 3.05) is 0 Å². The topological polar surface area (TPSA) is 13.1 Å². The van der Waals surface area contributed by atoms with Gasteiger partial charge >= 0.3 is 0 Å². The second-order valence-electron chi connectivity index (χ2n) is 4.35. The molecule has 1 nitrogen and oxygen atoms in total. The summed E-state index contributed by atoms with van der Waals surface area (Å²) in [7, 11) is 0. The summed E-state index contributed by atoms with van der Waals surface area (Å²) >= 11 is 0. The fraction of sp³-hybridized carbons (Fsp3) is 0.667. The molecule has 0 fully saturated rings. The van der Waals surface area contributed by atoms with Crippen LogP contribution in [-0.2, 0) is 0 Å². The summed E-state index contributed by atoms with van der Waals surface area (Å²) in [5.41, 5.74) is 2.82. The smallest absolute Gasteiger partial charge is 0.104 e. The highest BCUT2D eigenvalue weighted by Gasteiger charge is 2.19. The molecule has 0 atom stereocenters. The van der Waals surface area contributed by atoms with Gasteiger partial charge in [-0.3, -0.25) is 0 Å². The lowest BCUT2D eigenvalue weighted by molar-refractivity contribution is 0.496. The van der Waals surface area contributed by atoms with Crippen LogP contribution in [0.4, 0.5) is 0 Å². The summed E-state index contributed by atoms with van der Waals surface area (Å²) in [5.74, 6) is 3.32. The third-order valence-corrected chi connectivity index (χ3v) is 2.51. The summed E-state index contributed by atoms with van der Waals surface area (Å²) in [6.07, 6.45) is 0. The standard InChI is InChI=1S/C12H20O/c1-7(2)11-9(5)13-10(6)12(11)8(3)4/h7-8H,1-6H3. The van der Waals surface area contributed by atoms with Gasteiger partial charge in [0.25, 0.3) is 0 Å². The van der Waals surface area contributed by atoms with Gasteiger partial charge in [0.2, 0.25) is 0 Å². The van der Waals surface area contributed by atoms with E-state index in [2.05, 4.69) is 41.5 Å². The summed E-state index contributed by atoms with van der Waals surface area (Å²) in [4.78, 5) is 0. The summed E-state index contributed by atoms with van der Waals surface area (Å²) in [5, 5.41) is 0. The minimum atomic E-state index is 0.565. The number of furan rings is 1. The maximum atomic E-state index is 5.67. The van der Waals surface area contributed by atoms with Gasteiger partial charge in [0.15, 0.2) is 0 Å². The Morgan fingerprint density at radius 3 is 1.31 bits per heavy atom. The van der Waals surface area contributed by atoms with Gasteiger partial charge < -0.3 is 4.42 Å². The average molecular weight is 180 g/mol. The van der Waals surface area contributed by atoms with Crippen molar-refractivity contribution in [2.45, 2.75) is 53.4 Å². The molecule has 1 heterocycles. The van der Waals surface area contributed by atoms with Crippen molar-refractivity contribution in [2.24, 2.45) is 0 Å². The first kappa shape index (κ1) is 10.4. The highest BCUT2D eigenvalue weighted by Crippen LogP contribution is 2.33. The van der Waals surface area contributed by atoms with Gasteiger partial charge in [-0.05, 0) is 36.8 Å². The van der Waals surface area contributed by atoms with E-state index in [0.29, 0.717) is 11.8 Å². The van der Waals surface area contributed by atoms with Crippen LogP contribution in [0.15, 0.2) is 4.42 Å². The fourth-order valence-electron chi connectivity index (χ4n) is 2.15. The molecule has 1 aromatic heterocycles. The van der Waals surface area contributed by atoms with E-state index in [0.717, 1.165) is 11.5 Å². The molecular weight excluding hydrogens is 160 g/mol. The second kappa shape index (κ2) is 3.57. The van der Waals surface area contributed by atoms with Crippen LogP contribution in [0.3, 0.4) is 0 Å². The van der Waals surface area contributed by atoms with E-state index in [4.69, 9.17) is 4.42 Å². The largest absolute Gasteiger partial charge is 0.466 e. The molecule has 13 heavy (non-hydrogen) atoms. The molecule has 74 valence electrons. The van der Waals surface area contributed by atoms with Crippen LogP contribution in [0, 0.1) is 13.8 Å². The van der Waals surface area contributed by atoms with Gasteiger partial charge in [-0.15, -0.1) is 0 Å². The molecule has 0 saturated carbocycles. The molecule has 0 radical (unpaired) electrons. The Morgan fingerprint density at radius 2 is 1.08 bits per heavy atom. The average Bonchev–Trinajstić information content (AvgIpc) is 2.24. The fourth-order valence-corrected chi connectivity index (χ4v) is 2.15. The lowest BCUT2D eigenvalue weighted by atomic mass is 9.91. The Kier molecular flexibility index (Phi) is 2.84. The molecule has 0 amide bonds. The molecule has 0 N–H and O–H groups in total. The highest BCUT2D eigenvalue weighted by molar-refractivity contribution is 5.37. The first-order valence-electron chi connectivity index (χ1n) is 5.04. The van der Waals surface area contributed by atoms with Gasteiger partial charge in [0, 0.05) is 0 Å². The predicted octanol–water partition coefficient (Wildman–Crippen LogP) is 4.14. The molecular formula is C12H20O. The molecule has 0 bridgehead atoms. The van der Waals surface area contributed by atoms with Crippen LogP contribution in [0.1, 0.15) is 62.2 Å². The Labute approximate surface area is 81.1 Å². The van der Waals surface area contributed by atoms with Crippen molar-refractivity contribution in [3.63, 3.8) is 0 Å². The van der Waals surface area contributed by atoms with Gasteiger partial charge in [-0.2, -0.15) is 0 Å². The molecule has 0 unspecified atom stereocenters. The van der Waals surface area contributed by atoms with Crippen LogP contribution in [0.5, 0.6) is 0 Å². The van der Waals surface area contributed by atoms with E-state index in [1.165, 1.54) is 11.1 Å². The minimum absolute atomic E-state index is 0.565. The van der Waals surface area contributed by atoms with Crippen LogP contribution < -0.4 is 0 Å². The van der Waals surface area contributed by atoms with Crippen molar-refractivity contribution in [1.29, 1.82) is 0 Å². The number of hydrogen-bond donors (Lipinski definition) is 0.